The summed E-state index contributed by atoms with van der Waals surface area (Å²) in [4.78, 5) is 12.3. The predicted octanol–water partition coefficient (Wildman–Crippen LogP) is 0.872. The molecule has 3 nitrogen and oxygen atoms in total. The lowest BCUT2D eigenvalue weighted by Gasteiger charge is -2.18. The van der Waals surface area contributed by atoms with Gasteiger partial charge >= 0.3 is 1.43 Å². The van der Waals surface area contributed by atoms with Crippen molar-refractivity contribution in [2.45, 2.75) is 46.1 Å². The molecule has 20 heavy (non-hydrogen) atoms. The molecule has 1 atom stereocenters. The van der Waals surface area contributed by atoms with Crippen molar-refractivity contribution in [1.29, 1.82) is 0 Å². The number of carbonyl (C=O) groups excluding carboxylic acids is 1. The minimum absolute atomic E-state index is 0. The SMILES string of the molecule is CCCCC(NCC)C(=O)Nc1c(C)cccc1Cl.[Cl-].[H+]. The number of likely N-dealkylation sites (N-methyl/N-ethyl adjacent to an activating group) is 1. The standard InChI is InChI=1S/C15H23ClN2O.ClH/c1-4-6-10-13(17-5-2)15(19)18-14-11(3)8-7-9-12(14)16;/h7-9,13,17H,4-6,10H2,1-3H3,(H,18,19);1H. The molecule has 0 saturated heterocycles. The molecule has 0 aliphatic carbocycles. The average Bonchev–Trinajstić information content (AvgIpc) is 2.38. The lowest BCUT2D eigenvalue weighted by atomic mass is 10.1. The van der Waals surface area contributed by atoms with Gasteiger partial charge in [-0.05, 0) is 31.5 Å². The number of hydrogen-bond donors (Lipinski definition) is 2. The van der Waals surface area contributed by atoms with Gasteiger partial charge < -0.3 is 23.0 Å². The molecule has 1 unspecified atom stereocenters. The molecule has 1 amide bonds. The Balaban J connectivity index is 0. The minimum Gasteiger partial charge on any atom is -1.00 e. The highest BCUT2D eigenvalue weighted by Gasteiger charge is 2.18. The summed E-state index contributed by atoms with van der Waals surface area (Å²) in [5, 5.41) is 6.74. The molecule has 1 aromatic rings. The molecular formula is C15H24Cl2N2O. The van der Waals surface area contributed by atoms with Crippen molar-refractivity contribution >= 4 is 23.2 Å². The van der Waals surface area contributed by atoms with Crippen molar-refractivity contribution in [2.24, 2.45) is 0 Å². The van der Waals surface area contributed by atoms with Gasteiger partial charge in [0, 0.05) is 0 Å². The van der Waals surface area contributed by atoms with E-state index in [4.69, 9.17) is 11.6 Å². The highest BCUT2D eigenvalue weighted by Crippen LogP contribution is 2.25. The first-order chi connectivity index (χ1) is 9.10. The maximum absolute atomic E-state index is 12.3. The topological polar surface area (TPSA) is 41.1 Å². The van der Waals surface area contributed by atoms with Crippen LogP contribution in [0.3, 0.4) is 0 Å². The summed E-state index contributed by atoms with van der Waals surface area (Å²) in [6, 6.07) is 5.46. The second-order valence-electron chi connectivity index (χ2n) is 4.67. The van der Waals surface area contributed by atoms with E-state index in [0.29, 0.717) is 10.7 Å². The van der Waals surface area contributed by atoms with E-state index in [9.17, 15) is 4.79 Å². The summed E-state index contributed by atoms with van der Waals surface area (Å²) < 4.78 is 0. The van der Waals surface area contributed by atoms with Crippen LogP contribution in [0.5, 0.6) is 0 Å². The normalized spacial score (nSPS) is 11.6. The van der Waals surface area contributed by atoms with Gasteiger partial charge in [-0.3, -0.25) is 4.79 Å². The number of para-hydroxylation sites is 1. The number of anilines is 1. The molecule has 114 valence electrons. The molecule has 2 N–H and O–H groups in total. The van der Waals surface area contributed by atoms with Crippen LogP contribution in [0, 0.1) is 6.92 Å². The van der Waals surface area contributed by atoms with Crippen LogP contribution in [0.25, 0.3) is 0 Å². The average molecular weight is 319 g/mol. The van der Waals surface area contributed by atoms with Crippen LogP contribution < -0.4 is 23.0 Å². The molecular weight excluding hydrogens is 295 g/mol. The van der Waals surface area contributed by atoms with Crippen LogP contribution in [-0.4, -0.2) is 18.5 Å². The largest absolute Gasteiger partial charge is 1.00 e. The Labute approximate surface area is 134 Å². The van der Waals surface area contributed by atoms with Crippen molar-refractivity contribution in [3.8, 4) is 0 Å². The monoisotopic (exact) mass is 318 g/mol. The van der Waals surface area contributed by atoms with Gasteiger partial charge in [0.05, 0.1) is 16.8 Å². The zero-order chi connectivity index (χ0) is 14.3. The fraction of sp³-hybridized carbons (Fsp3) is 0.533. The molecule has 0 aliphatic heterocycles. The highest BCUT2D eigenvalue weighted by molar-refractivity contribution is 6.34. The first-order valence-corrected chi connectivity index (χ1v) is 7.27. The number of nitrogens with one attached hydrogen (secondary N) is 2. The number of rotatable bonds is 7. The summed E-state index contributed by atoms with van der Waals surface area (Å²) in [6.07, 6.45) is 2.96. The molecule has 1 aromatic carbocycles. The van der Waals surface area contributed by atoms with E-state index in [1.165, 1.54) is 0 Å². The number of carbonyl (C=O) groups is 1. The summed E-state index contributed by atoms with van der Waals surface area (Å²) in [7, 11) is 0. The van der Waals surface area contributed by atoms with Gasteiger partial charge in [-0.2, -0.15) is 0 Å². The third-order valence-electron chi connectivity index (χ3n) is 3.08. The molecule has 0 radical (unpaired) electrons. The number of hydrogen-bond acceptors (Lipinski definition) is 2. The first kappa shape index (κ1) is 19.2. The molecule has 5 heteroatoms. The van der Waals surface area contributed by atoms with Crippen LogP contribution in [0.15, 0.2) is 18.2 Å². The molecule has 0 fully saturated rings. The van der Waals surface area contributed by atoms with Crippen LogP contribution in [0.4, 0.5) is 5.69 Å². The Morgan fingerprint density at radius 1 is 1.40 bits per heavy atom. The summed E-state index contributed by atoms with van der Waals surface area (Å²) >= 11 is 6.12. The summed E-state index contributed by atoms with van der Waals surface area (Å²) in [6.45, 7) is 6.85. The number of halogens is 2. The Hall–Kier alpha value is -0.770. The van der Waals surface area contributed by atoms with Crippen molar-refractivity contribution in [3.63, 3.8) is 0 Å². The van der Waals surface area contributed by atoms with Crippen molar-refractivity contribution < 1.29 is 18.6 Å². The van der Waals surface area contributed by atoms with Crippen LogP contribution in [0.2, 0.25) is 5.02 Å². The van der Waals surface area contributed by atoms with E-state index in [2.05, 4.69) is 17.6 Å². The van der Waals surface area contributed by atoms with E-state index < -0.39 is 0 Å². The maximum Gasteiger partial charge on any atom is 1.00 e. The van der Waals surface area contributed by atoms with Gasteiger partial charge in [-0.15, -0.1) is 0 Å². The molecule has 0 aliphatic rings. The third-order valence-corrected chi connectivity index (χ3v) is 3.40. The third kappa shape index (κ3) is 5.70. The van der Waals surface area contributed by atoms with E-state index in [1.807, 2.05) is 26.0 Å². The van der Waals surface area contributed by atoms with Gasteiger partial charge in [0.25, 0.3) is 0 Å². The maximum atomic E-state index is 12.3. The van der Waals surface area contributed by atoms with Crippen molar-refractivity contribution in [2.75, 3.05) is 11.9 Å². The quantitative estimate of drug-likeness (QED) is 0.783. The van der Waals surface area contributed by atoms with Crippen LogP contribution >= 0.6 is 11.6 Å². The second-order valence-corrected chi connectivity index (χ2v) is 5.08. The molecule has 1 rings (SSSR count). The van der Waals surface area contributed by atoms with Crippen molar-refractivity contribution in [3.05, 3.63) is 28.8 Å². The van der Waals surface area contributed by atoms with Gasteiger partial charge in [0.2, 0.25) is 5.91 Å². The van der Waals surface area contributed by atoms with Gasteiger partial charge in [0.1, 0.15) is 0 Å². The smallest absolute Gasteiger partial charge is 1.00 e. The molecule has 0 aromatic heterocycles. The fourth-order valence-corrected chi connectivity index (χ4v) is 2.25. The first-order valence-electron chi connectivity index (χ1n) is 6.89. The Kier molecular flexibility index (Phi) is 9.64. The predicted molar refractivity (Wildman–Crippen MR) is 82.9 cm³/mol. The summed E-state index contributed by atoms with van der Waals surface area (Å²) in [5.41, 5.74) is 1.69. The van der Waals surface area contributed by atoms with E-state index in [0.717, 1.165) is 31.4 Å². The Morgan fingerprint density at radius 2 is 2.10 bits per heavy atom. The van der Waals surface area contributed by atoms with E-state index >= 15 is 0 Å². The number of unbranched alkanes of at least 4 members (excludes halogenated alkanes) is 1. The molecule has 0 bridgehead atoms. The Bertz CT molecular complexity index is 410. The van der Waals surface area contributed by atoms with E-state index in [1.54, 1.807) is 6.07 Å². The summed E-state index contributed by atoms with van der Waals surface area (Å²) in [5.74, 6) is -0.00787. The number of amides is 1. The van der Waals surface area contributed by atoms with Gasteiger partial charge in [-0.1, -0.05) is 50.4 Å². The molecule has 0 heterocycles. The van der Waals surface area contributed by atoms with Crippen molar-refractivity contribution in [1.82, 2.24) is 5.32 Å². The van der Waals surface area contributed by atoms with Crippen LogP contribution in [0.1, 0.15) is 40.1 Å². The van der Waals surface area contributed by atoms with Crippen LogP contribution in [-0.2, 0) is 4.79 Å². The number of aryl methyl sites for hydroxylation is 1. The second kappa shape index (κ2) is 10.0. The minimum atomic E-state index is -0.152. The molecule has 0 spiro atoms. The molecule has 0 saturated carbocycles. The van der Waals surface area contributed by atoms with Gasteiger partial charge in [-0.25, -0.2) is 0 Å². The highest BCUT2D eigenvalue weighted by atomic mass is 35.5. The van der Waals surface area contributed by atoms with E-state index in [-0.39, 0.29) is 25.8 Å². The van der Waals surface area contributed by atoms with Gasteiger partial charge in [0.15, 0.2) is 0 Å². The lowest BCUT2D eigenvalue weighted by molar-refractivity contribution is -0.118. The lowest BCUT2D eigenvalue weighted by Crippen LogP contribution is -3.00. The number of benzene rings is 1. The zero-order valence-corrected chi connectivity index (χ0v) is 13.8. The fourth-order valence-electron chi connectivity index (χ4n) is 1.98. The Morgan fingerprint density at radius 3 is 2.65 bits per heavy atom. The zero-order valence-electron chi connectivity index (χ0n) is 13.3.